The summed E-state index contributed by atoms with van der Waals surface area (Å²) in [6.07, 6.45) is 0. The molecule has 11 heavy (non-hydrogen) atoms. The van der Waals surface area contributed by atoms with Crippen LogP contribution >= 0.6 is 0 Å². The molecule has 68 valence electrons. The van der Waals surface area contributed by atoms with E-state index in [1.165, 1.54) is 0 Å². The number of nitrogens with zero attached hydrogens (tertiary/aromatic N) is 1. The van der Waals surface area contributed by atoms with Gasteiger partial charge in [0.05, 0.1) is 12.2 Å². The van der Waals surface area contributed by atoms with Gasteiger partial charge in [-0.25, -0.2) is 0 Å². The van der Waals surface area contributed by atoms with Gasteiger partial charge in [-0.15, -0.1) is 0 Å². The van der Waals surface area contributed by atoms with Crippen molar-refractivity contribution < 1.29 is 4.74 Å². The average molecular weight is 159 g/mol. The Morgan fingerprint density at radius 2 is 1.73 bits per heavy atom. The van der Waals surface area contributed by atoms with Crippen LogP contribution in [0, 0.1) is 0 Å². The predicted molar refractivity (Wildman–Crippen MR) is 48.9 cm³/mol. The number of ether oxygens (including phenoxy) is 1. The highest BCUT2D eigenvalue weighted by atomic mass is 16.5. The lowest BCUT2D eigenvalue weighted by atomic mass is 10.2. The van der Waals surface area contributed by atoms with Crippen molar-refractivity contribution in [2.45, 2.75) is 39.3 Å². The molecule has 0 aliphatic rings. The minimum Gasteiger partial charge on any atom is -0.374 e. The highest BCUT2D eigenvalue weighted by molar-refractivity contribution is 4.63. The molecule has 0 aliphatic carbocycles. The van der Waals surface area contributed by atoms with Crippen molar-refractivity contribution in [2.24, 2.45) is 0 Å². The van der Waals surface area contributed by atoms with Crippen LogP contribution in [0.15, 0.2) is 0 Å². The maximum Gasteiger partial charge on any atom is 0.0626 e. The molecule has 2 heteroatoms. The Labute approximate surface area is 70.5 Å². The van der Waals surface area contributed by atoms with Crippen molar-refractivity contribution in [1.29, 1.82) is 0 Å². The molecule has 0 saturated heterocycles. The van der Waals surface area contributed by atoms with Gasteiger partial charge in [0.1, 0.15) is 0 Å². The van der Waals surface area contributed by atoms with Crippen LogP contribution in [0.5, 0.6) is 0 Å². The Bertz CT molecular complexity index is 105. The predicted octanol–water partition coefficient (Wildman–Crippen LogP) is 1.75. The minimum atomic E-state index is -0.00965. The second-order valence-corrected chi connectivity index (χ2v) is 4.24. The zero-order chi connectivity index (χ0) is 9.07. The molecule has 2 nitrogen and oxygen atoms in total. The minimum absolute atomic E-state index is 0.00965. The van der Waals surface area contributed by atoms with Gasteiger partial charge in [0.25, 0.3) is 0 Å². The Hall–Kier alpha value is -0.0800. The van der Waals surface area contributed by atoms with Gasteiger partial charge >= 0.3 is 0 Å². The normalized spacial score (nSPS) is 15.5. The van der Waals surface area contributed by atoms with Gasteiger partial charge in [-0.05, 0) is 41.8 Å². The molecule has 0 radical (unpaired) electrons. The zero-order valence-electron chi connectivity index (χ0n) is 8.64. The maximum absolute atomic E-state index is 5.61. The molecule has 1 unspecified atom stereocenters. The van der Waals surface area contributed by atoms with E-state index in [0.29, 0.717) is 6.04 Å². The van der Waals surface area contributed by atoms with E-state index in [-0.39, 0.29) is 5.60 Å². The quantitative estimate of drug-likeness (QED) is 0.622. The van der Waals surface area contributed by atoms with Gasteiger partial charge in [0, 0.05) is 6.04 Å². The van der Waals surface area contributed by atoms with E-state index < -0.39 is 0 Å². The van der Waals surface area contributed by atoms with E-state index in [1.54, 1.807) is 0 Å². The van der Waals surface area contributed by atoms with Gasteiger partial charge in [-0.2, -0.15) is 0 Å². The topological polar surface area (TPSA) is 12.5 Å². The molecule has 1 atom stereocenters. The fourth-order valence-electron chi connectivity index (χ4n) is 0.520. The fraction of sp³-hybridized carbons (Fsp3) is 1.00. The summed E-state index contributed by atoms with van der Waals surface area (Å²) in [5.74, 6) is 0. The molecule has 0 N–H and O–H groups in total. The van der Waals surface area contributed by atoms with Crippen LogP contribution in [0.25, 0.3) is 0 Å². The van der Waals surface area contributed by atoms with Gasteiger partial charge in [0.15, 0.2) is 0 Å². The molecule has 0 rings (SSSR count). The first-order chi connectivity index (χ1) is 4.83. The fourth-order valence-corrected chi connectivity index (χ4v) is 0.520. The molecule has 0 amide bonds. The summed E-state index contributed by atoms with van der Waals surface area (Å²) in [6, 6.07) is 0.495. The van der Waals surface area contributed by atoms with Crippen molar-refractivity contribution in [2.75, 3.05) is 20.7 Å². The lowest BCUT2D eigenvalue weighted by molar-refractivity contribution is -0.0249. The Balaban J connectivity index is 3.54. The molecule has 0 fully saturated rings. The highest BCUT2D eigenvalue weighted by Crippen LogP contribution is 2.07. The first-order valence-corrected chi connectivity index (χ1v) is 4.13. The summed E-state index contributed by atoms with van der Waals surface area (Å²) in [7, 11) is 4.13. The van der Waals surface area contributed by atoms with Crippen LogP contribution in [0.1, 0.15) is 27.7 Å². The largest absolute Gasteiger partial charge is 0.374 e. The van der Waals surface area contributed by atoms with E-state index in [2.05, 4.69) is 46.7 Å². The smallest absolute Gasteiger partial charge is 0.0626 e. The molecule has 0 spiro atoms. The summed E-state index contributed by atoms with van der Waals surface area (Å²) in [5, 5.41) is 0. The number of hydrogen-bond acceptors (Lipinski definition) is 2. The van der Waals surface area contributed by atoms with Gasteiger partial charge in [-0.1, -0.05) is 0 Å². The van der Waals surface area contributed by atoms with Gasteiger partial charge in [-0.3, -0.25) is 0 Å². The lowest BCUT2D eigenvalue weighted by Crippen LogP contribution is -2.33. The third-order valence-electron chi connectivity index (χ3n) is 1.64. The Kier molecular flexibility index (Phi) is 4.04. The number of hydrogen-bond donors (Lipinski definition) is 0. The summed E-state index contributed by atoms with van der Waals surface area (Å²) in [6.45, 7) is 9.20. The van der Waals surface area contributed by atoms with Gasteiger partial charge in [0.2, 0.25) is 0 Å². The second kappa shape index (κ2) is 4.07. The second-order valence-electron chi connectivity index (χ2n) is 4.24. The monoisotopic (exact) mass is 159 g/mol. The summed E-state index contributed by atoms with van der Waals surface area (Å²) < 4.78 is 5.61. The van der Waals surface area contributed by atoms with Crippen molar-refractivity contribution in [3.05, 3.63) is 0 Å². The van der Waals surface area contributed by atoms with Crippen LogP contribution in [0.3, 0.4) is 0 Å². The number of rotatable bonds is 3. The van der Waals surface area contributed by atoms with Crippen molar-refractivity contribution in [3.8, 4) is 0 Å². The van der Waals surface area contributed by atoms with Crippen molar-refractivity contribution >= 4 is 0 Å². The first kappa shape index (κ1) is 10.9. The molecule has 0 aromatic carbocycles. The third kappa shape index (κ3) is 6.32. The van der Waals surface area contributed by atoms with Crippen LogP contribution < -0.4 is 0 Å². The molecule has 0 aromatic rings. The molecule has 0 aromatic heterocycles. The summed E-state index contributed by atoms with van der Waals surface area (Å²) in [5.41, 5.74) is -0.00965. The molecule has 0 saturated carbocycles. The Morgan fingerprint density at radius 3 is 2.00 bits per heavy atom. The summed E-state index contributed by atoms with van der Waals surface area (Å²) in [4.78, 5) is 2.16. The van der Waals surface area contributed by atoms with Gasteiger partial charge < -0.3 is 9.64 Å². The standard InChI is InChI=1S/C9H21NO/c1-8(10(5)6)7-11-9(2,3)4/h8H,7H2,1-6H3. The van der Waals surface area contributed by atoms with Crippen LogP contribution in [0.2, 0.25) is 0 Å². The van der Waals surface area contributed by atoms with Crippen LogP contribution in [-0.2, 0) is 4.74 Å². The van der Waals surface area contributed by atoms with Crippen LogP contribution in [0.4, 0.5) is 0 Å². The summed E-state index contributed by atoms with van der Waals surface area (Å²) >= 11 is 0. The molecular formula is C9H21NO. The van der Waals surface area contributed by atoms with E-state index in [4.69, 9.17) is 4.74 Å². The van der Waals surface area contributed by atoms with E-state index in [1.807, 2.05) is 0 Å². The third-order valence-corrected chi connectivity index (χ3v) is 1.64. The molecule has 0 bridgehead atoms. The lowest BCUT2D eigenvalue weighted by Gasteiger charge is -2.25. The molecule has 0 heterocycles. The van der Waals surface area contributed by atoms with Crippen molar-refractivity contribution in [1.82, 2.24) is 4.90 Å². The van der Waals surface area contributed by atoms with E-state index >= 15 is 0 Å². The molecule has 0 aliphatic heterocycles. The van der Waals surface area contributed by atoms with Crippen molar-refractivity contribution in [3.63, 3.8) is 0 Å². The SMILES string of the molecule is CC(COC(C)(C)C)N(C)C. The highest BCUT2D eigenvalue weighted by Gasteiger charge is 2.12. The van der Waals surface area contributed by atoms with E-state index in [0.717, 1.165) is 6.61 Å². The number of likely N-dealkylation sites (N-methyl/N-ethyl adjacent to an activating group) is 1. The van der Waals surface area contributed by atoms with E-state index in [9.17, 15) is 0 Å². The van der Waals surface area contributed by atoms with Crippen LogP contribution in [-0.4, -0.2) is 37.2 Å². The Morgan fingerprint density at radius 1 is 1.27 bits per heavy atom. The maximum atomic E-state index is 5.61. The molecular weight excluding hydrogens is 138 g/mol. The average Bonchev–Trinajstić information content (AvgIpc) is 1.80. The first-order valence-electron chi connectivity index (χ1n) is 4.13. The zero-order valence-corrected chi connectivity index (χ0v) is 8.64.